The van der Waals surface area contributed by atoms with Crippen molar-refractivity contribution in [2.45, 2.75) is 6.92 Å². The van der Waals surface area contributed by atoms with Crippen molar-refractivity contribution in [2.75, 3.05) is 12.4 Å². The molecule has 0 unspecified atom stereocenters. The summed E-state index contributed by atoms with van der Waals surface area (Å²) in [6.45, 7) is 2.01. The summed E-state index contributed by atoms with van der Waals surface area (Å²) in [4.78, 5) is 8.64. The predicted octanol–water partition coefficient (Wildman–Crippen LogP) is 3.26. The third-order valence-electron chi connectivity index (χ3n) is 2.32. The molecular formula is C12H12BrN3. The van der Waals surface area contributed by atoms with Gasteiger partial charge in [-0.3, -0.25) is 0 Å². The van der Waals surface area contributed by atoms with Crippen LogP contribution in [0.5, 0.6) is 0 Å². The van der Waals surface area contributed by atoms with Gasteiger partial charge in [0.05, 0.1) is 5.69 Å². The van der Waals surface area contributed by atoms with Gasteiger partial charge >= 0.3 is 0 Å². The zero-order valence-corrected chi connectivity index (χ0v) is 10.7. The van der Waals surface area contributed by atoms with Crippen molar-refractivity contribution in [3.8, 4) is 11.3 Å². The summed E-state index contributed by atoms with van der Waals surface area (Å²) in [7, 11) is 1.81. The van der Waals surface area contributed by atoms with Crippen molar-refractivity contribution in [1.82, 2.24) is 9.97 Å². The first-order valence-corrected chi connectivity index (χ1v) is 5.78. The molecule has 0 bridgehead atoms. The Bertz CT molecular complexity index is 511. The molecule has 2 aromatic rings. The van der Waals surface area contributed by atoms with Gasteiger partial charge in [0.25, 0.3) is 0 Å². The zero-order valence-electron chi connectivity index (χ0n) is 9.16. The van der Waals surface area contributed by atoms with Gasteiger partial charge in [0.15, 0.2) is 0 Å². The van der Waals surface area contributed by atoms with E-state index in [0.717, 1.165) is 21.3 Å². The number of rotatable bonds is 2. The van der Waals surface area contributed by atoms with Crippen LogP contribution in [0.2, 0.25) is 0 Å². The average molecular weight is 278 g/mol. The number of nitrogens with one attached hydrogen (secondary N) is 1. The molecule has 16 heavy (non-hydrogen) atoms. The molecule has 4 heteroatoms. The quantitative estimate of drug-likeness (QED) is 0.916. The molecule has 3 nitrogen and oxygen atoms in total. The Hall–Kier alpha value is -1.42. The van der Waals surface area contributed by atoms with Gasteiger partial charge in [-0.05, 0) is 18.6 Å². The first kappa shape index (κ1) is 11.1. The summed E-state index contributed by atoms with van der Waals surface area (Å²) in [5.41, 5.74) is 3.09. The third-order valence-corrected chi connectivity index (χ3v) is 3.02. The zero-order chi connectivity index (χ0) is 11.5. The molecule has 0 aliphatic carbocycles. The van der Waals surface area contributed by atoms with Gasteiger partial charge in [0.2, 0.25) is 5.95 Å². The maximum absolute atomic E-state index is 4.47. The monoisotopic (exact) mass is 277 g/mol. The second-order valence-corrected chi connectivity index (χ2v) is 4.31. The molecule has 0 aliphatic heterocycles. The van der Waals surface area contributed by atoms with Crippen molar-refractivity contribution >= 4 is 21.9 Å². The third kappa shape index (κ3) is 2.07. The van der Waals surface area contributed by atoms with Gasteiger partial charge in [-0.15, -0.1) is 0 Å². The summed E-state index contributed by atoms with van der Waals surface area (Å²) in [6, 6.07) is 8.04. The first-order chi connectivity index (χ1) is 7.72. The van der Waals surface area contributed by atoms with Gasteiger partial charge in [0.1, 0.15) is 0 Å². The van der Waals surface area contributed by atoms with Crippen LogP contribution in [0, 0.1) is 6.92 Å². The summed E-state index contributed by atoms with van der Waals surface area (Å²) < 4.78 is 1.04. The standard InChI is InChI=1S/C12H12BrN3/c1-8-7-15-12(14-2)16-11(8)9-5-3-4-6-10(9)13/h3-7H,1-2H3,(H,14,15,16). The van der Waals surface area contributed by atoms with E-state index in [9.17, 15) is 0 Å². The average Bonchev–Trinajstić information content (AvgIpc) is 2.31. The number of aryl methyl sites for hydroxylation is 1. The molecular weight excluding hydrogens is 266 g/mol. The number of aromatic nitrogens is 2. The van der Waals surface area contributed by atoms with E-state index >= 15 is 0 Å². The number of anilines is 1. The smallest absolute Gasteiger partial charge is 0.222 e. The molecule has 0 amide bonds. The van der Waals surface area contributed by atoms with Gasteiger partial charge in [-0.25, -0.2) is 9.97 Å². The van der Waals surface area contributed by atoms with Gasteiger partial charge < -0.3 is 5.32 Å². The fraction of sp³-hybridized carbons (Fsp3) is 0.167. The Morgan fingerprint density at radius 2 is 2.00 bits per heavy atom. The van der Waals surface area contributed by atoms with Crippen LogP contribution in [-0.2, 0) is 0 Å². The summed E-state index contributed by atoms with van der Waals surface area (Å²) in [5.74, 6) is 0.636. The minimum absolute atomic E-state index is 0.636. The van der Waals surface area contributed by atoms with E-state index in [1.807, 2.05) is 44.4 Å². The summed E-state index contributed by atoms with van der Waals surface area (Å²) in [5, 5.41) is 2.95. The maximum Gasteiger partial charge on any atom is 0.222 e. The van der Waals surface area contributed by atoms with Crippen molar-refractivity contribution in [2.24, 2.45) is 0 Å². The second-order valence-electron chi connectivity index (χ2n) is 3.46. The normalized spacial score (nSPS) is 10.2. The van der Waals surface area contributed by atoms with E-state index in [2.05, 4.69) is 31.2 Å². The number of nitrogens with zero attached hydrogens (tertiary/aromatic N) is 2. The summed E-state index contributed by atoms with van der Waals surface area (Å²) in [6.07, 6.45) is 1.83. The molecule has 0 atom stereocenters. The molecule has 0 radical (unpaired) electrons. The van der Waals surface area contributed by atoms with Crippen molar-refractivity contribution in [3.05, 3.63) is 40.5 Å². The molecule has 82 valence electrons. The van der Waals surface area contributed by atoms with Gasteiger partial charge in [0, 0.05) is 23.3 Å². The number of hydrogen-bond acceptors (Lipinski definition) is 3. The summed E-state index contributed by atoms with van der Waals surface area (Å²) >= 11 is 3.53. The van der Waals surface area contributed by atoms with Crippen LogP contribution >= 0.6 is 15.9 Å². The minimum atomic E-state index is 0.636. The maximum atomic E-state index is 4.47. The van der Waals surface area contributed by atoms with Crippen LogP contribution in [-0.4, -0.2) is 17.0 Å². The molecule has 0 spiro atoms. The highest BCUT2D eigenvalue weighted by molar-refractivity contribution is 9.10. The van der Waals surface area contributed by atoms with Gasteiger partial charge in [-0.1, -0.05) is 34.1 Å². The fourth-order valence-electron chi connectivity index (χ4n) is 1.49. The lowest BCUT2D eigenvalue weighted by atomic mass is 10.1. The second kappa shape index (κ2) is 4.61. The van der Waals surface area contributed by atoms with E-state index < -0.39 is 0 Å². The molecule has 0 aliphatic rings. The topological polar surface area (TPSA) is 37.8 Å². The van der Waals surface area contributed by atoms with Crippen LogP contribution < -0.4 is 5.32 Å². The van der Waals surface area contributed by atoms with E-state index in [1.165, 1.54) is 0 Å². The van der Waals surface area contributed by atoms with Crippen molar-refractivity contribution in [3.63, 3.8) is 0 Å². The Morgan fingerprint density at radius 1 is 1.25 bits per heavy atom. The molecule has 0 saturated heterocycles. The van der Waals surface area contributed by atoms with Crippen molar-refractivity contribution < 1.29 is 0 Å². The molecule has 1 aromatic carbocycles. The molecule has 1 aromatic heterocycles. The fourth-order valence-corrected chi connectivity index (χ4v) is 1.96. The predicted molar refractivity (Wildman–Crippen MR) is 69.5 cm³/mol. The Kier molecular flexibility index (Phi) is 3.19. The lowest BCUT2D eigenvalue weighted by molar-refractivity contribution is 1.12. The minimum Gasteiger partial charge on any atom is -0.357 e. The molecule has 1 N–H and O–H groups in total. The Labute approximate surface area is 103 Å². The van der Waals surface area contributed by atoms with E-state index in [1.54, 1.807) is 0 Å². The van der Waals surface area contributed by atoms with E-state index in [4.69, 9.17) is 0 Å². The highest BCUT2D eigenvalue weighted by Gasteiger charge is 2.08. The number of hydrogen-bond donors (Lipinski definition) is 1. The van der Waals surface area contributed by atoms with Crippen LogP contribution in [0.1, 0.15) is 5.56 Å². The molecule has 0 fully saturated rings. The molecule has 2 rings (SSSR count). The number of halogens is 1. The largest absolute Gasteiger partial charge is 0.357 e. The highest BCUT2D eigenvalue weighted by atomic mass is 79.9. The SMILES string of the molecule is CNc1ncc(C)c(-c2ccccc2Br)n1. The van der Waals surface area contributed by atoms with Crippen molar-refractivity contribution in [1.29, 1.82) is 0 Å². The lowest BCUT2D eigenvalue weighted by Gasteiger charge is -2.08. The first-order valence-electron chi connectivity index (χ1n) is 4.98. The van der Waals surface area contributed by atoms with E-state index in [-0.39, 0.29) is 0 Å². The van der Waals surface area contributed by atoms with Crippen LogP contribution in [0.15, 0.2) is 34.9 Å². The molecule has 1 heterocycles. The highest BCUT2D eigenvalue weighted by Crippen LogP contribution is 2.28. The number of benzene rings is 1. The Balaban J connectivity index is 2.59. The van der Waals surface area contributed by atoms with Crippen LogP contribution in [0.4, 0.5) is 5.95 Å². The van der Waals surface area contributed by atoms with Crippen LogP contribution in [0.3, 0.4) is 0 Å². The van der Waals surface area contributed by atoms with E-state index in [0.29, 0.717) is 5.95 Å². The lowest BCUT2D eigenvalue weighted by Crippen LogP contribution is -1.99. The Morgan fingerprint density at radius 3 is 2.69 bits per heavy atom. The van der Waals surface area contributed by atoms with Gasteiger partial charge in [-0.2, -0.15) is 0 Å². The van der Waals surface area contributed by atoms with Crippen LogP contribution in [0.25, 0.3) is 11.3 Å². The molecule has 0 saturated carbocycles.